The Balaban J connectivity index is 1.70. The van der Waals surface area contributed by atoms with E-state index in [0.717, 1.165) is 12.1 Å². The Labute approximate surface area is 169 Å². The fourth-order valence-electron chi connectivity index (χ4n) is 3.71. The third-order valence-electron chi connectivity index (χ3n) is 5.37. The van der Waals surface area contributed by atoms with Crippen molar-refractivity contribution in [2.45, 2.75) is 24.6 Å². The summed E-state index contributed by atoms with van der Waals surface area (Å²) >= 11 is 0. The summed E-state index contributed by atoms with van der Waals surface area (Å²) in [6, 6.07) is 10.7. The van der Waals surface area contributed by atoms with Gasteiger partial charge in [-0.3, -0.25) is 9.59 Å². The van der Waals surface area contributed by atoms with Gasteiger partial charge in [0.2, 0.25) is 0 Å². The number of ether oxygens (including phenoxy) is 1. The van der Waals surface area contributed by atoms with Gasteiger partial charge in [0.05, 0.1) is 22.8 Å². The predicted molar refractivity (Wildman–Crippen MR) is 103 cm³/mol. The van der Waals surface area contributed by atoms with Crippen LogP contribution in [0.1, 0.15) is 34.3 Å². The van der Waals surface area contributed by atoms with E-state index in [4.69, 9.17) is 9.15 Å². The molecule has 2 aromatic carbocycles. The summed E-state index contributed by atoms with van der Waals surface area (Å²) in [6.07, 6.45) is -2.57. The van der Waals surface area contributed by atoms with Gasteiger partial charge in [-0.2, -0.15) is 13.2 Å². The zero-order valence-electron chi connectivity index (χ0n) is 15.8. The van der Waals surface area contributed by atoms with Gasteiger partial charge in [0.1, 0.15) is 5.58 Å². The maximum atomic E-state index is 13.2. The molecule has 0 atom stereocenters. The second kappa shape index (κ2) is 7.60. The molecule has 1 aliphatic rings. The van der Waals surface area contributed by atoms with Crippen LogP contribution in [0.3, 0.4) is 0 Å². The molecule has 0 aliphatic carbocycles. The van der Waals surface area contributed by atoms with Crippen LogP contribution in [0.2, 0.25) is 0 Å². The number of carbonyl (C=O) groups is 1. The highest BCUT2D eigenvalue weighted by molar-refractivity contribution is 5.97. The number of amides is 1. The van der Waals surface area contributed by atoms with Gasteiger partial charge in [-0.1, -0.05) is 12.1 Å². The van der Waals surface area contributed by atoms with Crippen LogP contribution in [0.15, 0.2) is 64.0 Å². The van der Waals surface area contributed by atoms with E-state index in [1.807, 2.05) is 0 Å². The summed E-state index contributed by atoms with van der Waals surface area (Å²) in [4.78, 5) is 24.9. The molecule has 5 nitrogen and oxygen atoms in total. The van der Waals surface area contributed by atoms with Gasteiger partial charge in [0, 0.05) is 24.8 Å². The average molecular weight is 417 g/mol. The Morgan fingerprint density at radius 2 is 1.80 bits per heavy atom. The Morgan fingerprint density at radius 1 is 1.03 bits per heavy atom. The summed E-state index contributed by atoms with van der Waals surface area (Å²) in [7, 11) is 0. The second-order valence-corrected chi connectivity index (χ2v) is 7.22. The maximum absolute atomic E-state index is 13.2. The van der Waals surface area contributed by atoms with Crippen LogP contribution in [0.4, 0.5) is 13.2 Å². The molecule has 0 unspecified atom stereocenters. The van der Waals surface area contributed by atoms with Gasteiger partial charge < -0.3 is 14.5 Å². The largest absolute Gasteiger partial charge is 0.464 e. The summed E-state index contributed by atoms with van der Waals surface area (Å²) in [5.74, 6) is -0.470. The van der Waals surface area contributed by atoms with Crippen molar-refractivity contribution in [2.24, 2.45) is 0 Å². The molecule has 0 radical (unpaired) electrons. The molecule has 0 saturated carbocycles. The van der Waals surface area contributed by atoms with Crippen LogP contribution in [-0.4, -0.2) is 19.1 Å². The van der Waals surface area contributed by atoms with Crippen molar-refractivity contribution >= 4 is 16.9 Å². The first-order valence-corrected chi connectivity index (χ1v) is 9.38. The quantitative estimate of drug-likeness (QED) is 0.692. The van der Waals surface area contributed by atoms with Crippen molar-refractivity contribution < 1.29 is 27.1 Å². The number of nitrogens with one attached hydrogen (secondary N) is 1. The lowest BCUT2D eigenvalue weighted by Gasteiger charge is -2.39. The maximum Gasteiger partial charge on any atom is 0.416 e. The fraction of sp³-hybridized carbons (Fsp3) is 0.273. The molecule has 1 aliphatic heterocycles. The summed E-state index contributed by atoms with van der Waals surface area (Å²) < 4.78 is 50.4. The molecule has 30 heavy (non-hydrogen) atoms. The van der Waals surface area contributed by atoms with E-state index >= 15 is 0 Å². The van der Waals surface area contributed by atoms with Crippen molar-refractivity contribution in [1.29, 1.82) is 0 Å². The predicted octanol–water partition coefficient (Wildman–Crippen LogP) is 4.25. The minimum Gasteiger partial charge on any atom is -0.464 e. The number of carbonyl (C=O) groups excluding carboxylic acids is 1. The number of hydrogen-bond acceptors (Lipinski definition) is 4. The third-order valence-corrected chi connectivity index (χ3v) is 5.37. The van der Waals surface area contributed by atoms with Crippen LogP contribution in [0, 0.1) is 0 Å². The van der Waals surface area contributed by atoms with Crippen molar-refractivity contribution in [3.8, 4) is 0 Å². The van der Waals surface area contributed by atoms with Crippen molar-refractivity contribution in [2.75, 3.05) is 13.2 Å². The molecule has 0 spiro atoms. The van der Waals surface area contributed by atoms with Gasteiger partial charge in [-0.15, -0.1) is 0 Å². The van der Waals surface area contributed by atoms with E-state index < -0.39 is 23.2 Å². The van der Waals surface area contributed by atoms with Crippen LogP contribution in [0.25, 0.3) is 11.0 Å². The Hall–Kier alpha value is -3.13. The third kappa shape index (κ3) is 3.82. The highest BCUT2D eigenvalue weighted by atomic mass is 19.4. The molecule has 1 N–H and O–H groups in total. The lowest BCUT2D eigenvalue weighted by atomic mass is 9.81. The van der Waals surface area contributed by atoms with Crippen LogP contribution in [0.5, 0.6) is 0 Å². The number of alkyl halides is 3. The van der Waals surface area contributed by atoms with Crippen molar-refractivity contribution in [3.63, 3.8) is 0 Å². The number of rotatable bonds is 3. The Bertz CT molecular complexity index is 1150. The summed E-state index contributed by atoms with van der Waals surface area (Å²) in [5, 5.41) is 3.26. The topological polar surface area (TPSA) is 68.5 Å². The standard InChI is InChI=1S/C22H18F3NO4/c23-22(24,25)16-3-1-2-15(13-16)21(7-10-29-11-8-21)26-20(28)14-4-5-17-18(27)6-9-30-19(17)12-14/h1-6,9,12-13H,7-8,10-11H2,(H,26,28). The molecule has 1 saturated heterocycles. The highest BCUT2D eigenvalue weighted by Crippen LogP contribution is 2.36. The normalized spacial score (nSPS) is 16.4. The summed E-state index contributed by atoms with van der Waals surface area (Å²) in [6.45, 7) is 0.617. The van der Waals surface area contributed by atoms with E-state index in [2.05, 4.69) is 5.32 Å². The number of benzene rings is 2. The lowest BCUT2D eigenvalue weighted by Crippen LogP contribution is -2.49. The first-order valence-electron chi connectivity index (χ1n) is 9.38. The average Bonchev–Trinajstić information content (AvgIpc) is 2.74. The molecule has 2 heterocycles. The molecular weight excluding hydrogens is 399 g/mol. The van der Waals surface area contributed by atoms with E-state index in [1.54, 1.807) is 6.07 Å². The van der Waals surface area contributed by atoms with Crippen molar-refractivity contribution in [1.82, 2.24) is 5.32 Å². The lowest BCUT2D eigenvalue weighted by molar-refractivity contribution is -0.137. The molecule has 1 amide bonds. The zero-order chi connectivity index (χ0) is 21.4. The number of fused-ring (bicyclic) bond motifs is 1. The van der Waals surface area contributed by atoms with E-state index in [0.29, 0.717) is 37.0 Å². The van der Waals surface area contributed by atoms with Gasteiger partial charge in [0.15, 0.2) is 5.43 Å². The molecular formula is C22H18F3NO4. The van der Waals surface area contributed by atoms with Crippen LogP contribution in [-0.2, 0) is 16.5 Å². The minimum atomic E-state index is -4.48. The van der Waals surface area contributed by atoms with Crippen molar-refractivity contribution in [3.05, 3.63) is 81.7 Å². The Kier molecular flexibility index (Phi) is 5.11. The molecule has 8 heteroatoms. The highest BCUT2D eigenvalue weighted by Gasteiger charge is 2.38. The van der Waals surface area contributed by atoms with E-state index in [1.165, 1.54) is 36.6 Å². The Morgan fingerprint density at radius 3 is 2.53 bits per heavy atom. The van der Waals surface area contributed by atoms with Crippen LogP contribution < -0.4 is 10.7 Å². The van der Waals surface area contributed by atoms with Gasteiger partial charge in [-0.25, -0.2) is 0 Å². The van der Waals surface area contributed by atoms with Gasteiger partial charge in [-0.05, 0) is 48.7 Å². The summed E-state index contributed by atoms with van der Waals surface area (Å²) in [5.41, 5.74) is -1.12. The van der Waals surface area contributed by atoms with E-state index in [-0.39, 0.29) is 16.6 Å². The number of halogens is 3. The minimum absolute atomic E-state index is 0.229. The van der Waals surface area contributed by atoms with Gasteiger partial charge >= 0.3 is 6.18 Å². The zero-order valence-corrected chi connectivity index (χ0v) is 15.8. The first kappa shape index (κ1) is 20.2. The smallest absolute Gasteiger partial charge is 0.416 e. The molecule has 4 rings (SSSR count). The number of hydrogen-bond donors (Lipinski definition) is 1. The fourth-order valence-corrected chi connectivity index (χ4v) is 3.71. The van der Waals surface area contributed by atoms with Gasteiger partial charge in [0.25, 0.3) is 5.91 Å². The molecule has 3 aromatic rings. The monoisotopic (exact) mass is 417 g/mol. The SMILES string of the molecule is O=C(NC1(c2cccc(C(F)(F)F)c2)CCOCC1)c1ccc2c(=O)ccoc2c1. The molecule has 156 valence electrons. The molecule has 1 fully saturated rings. The molecule has 0 bridgehead atoms. The van der Waals surface area contributed by atoms with Crippen LogP contribution >= 0.6 is 0 Å². The molecule has 1 aromatic heterocycles. The van der Waals surface area contributed by atoms with E-state index in [9.17, 15) is 22.8 Å². The first-order chi connectivity index (χ1) is 14.3. The second-order valence-electron chi connectivity index (χ2n) is 7.22.